The number of carbonyl (C=O) groups excluding carboxylic acids is 1. The molecule has 0 radical (unpaired) electrons. The van der Waals surface area contributed by atoms with Gasteiger partial charge in [-0.25, -0.2) is 8.42 Å². The number of methoxy groups -OCH3 is 1. The third-order valence-corrected chi connectivity index (χ3v) is 8.14. The summed E-state index contributed by atoms with van der Waals surface area (Å²) in [7, 11) is -1.29. The molecule has 3 rings (SSSR count). The van der Waals surface area contributed by atoms with Gasteiger partial charge in [0.05, 0.1) is 19.8 Å². The smallest absolute Gasteiger partial charge is 0.258 e. The number of ether oxygens (including phenoxy) is 1. The molecular weight excluding hydrogens is 430 g/mol. The van der Waals surface area contributed by atoms with Gasteiger partial charge in [0.1, 0.15) is 5.75 Å². The van der Waals surface area contributed by atoms with Crippen LogP contribution in [0.5, 0.6) is 5.75 Å². The molecule has 2 aromatic rings. The molecule has 0 bridgehead atoms. The highest BCUT2D eigenvalue weighted by Crippen LogP contribution is 2.40. The van der Waals surface area contributed by atoms with E-state index < -0.39 is 26.7 Å². The van der Waals surface area contributed by atoms with Crippen molar-refractivity contribution in [2.75, 3.05) is 33.9 Å². The van der Waals surface area contributed by atoms with Crippen molar-refractivity contribution in [1.82, 2.24) is 15.1 Å². The lowest BCUT2D eigenvalue weighted by Gasteiger charge is -2.44. The van der Waals surface area contributed by atoms with E-state index in [2.05, 4.69) is 10.6 Å². The van der Waals surface area contributed by atoms with Crippen LogP contribution in [0.3, 0.4) is 0 Å². The van der Waals surface area contributed by atoms with Crippen molar-refractivity contribution in [3.63, 3.8) is 0 Å². The van der Waals surface area contributed by atoms with E-state index >= 15 is 0 Å². The number of nitrogens with zero attached hydrogens (tertiary/aromatic N) is 1. The molecule has 0 aliphatic carbocycles. The zero-order chi connectivity index (χ0) is 23.2. The largest absolute Gasteiger partial charge is 0.496 e. The number of benzene rings is 2. The van der Waals surface area contributed by atoms with E-state index in [-0.39, 0.29) is 12.1 Å². The van der Waals surface area contributed by atoms with Crippen molar-refractivity contribution in [2.45, 2.75) is 30.6 Å². The molecule has 1 atom stereocenters. The fraction of sp³-hybridized carbons (Fsp3) is 0.435. The Bertz CT molecular complexity index is 1000. The minimum Gasteiger partial charge on any atom is -0.496 e. The minimum atomic E-state index is -4.08. The molecule has 0 saturated carbocycles. The highest BCUT2D eigenvalue weighted by Gasteiger charge is 2.51. The van der Waals surface area contributed by atoms with Gasteiger partial charge in [-0.15, -0.1) is 0 Å². The first-order chi connectivity index (χ1) is 15.4. The lowest BCUT2D eigenvalue weighted by Crippen LogP contribution is -2.61. The molecule has 1 fully saturated rings. The molecule has 0 aromatic heterocycles. The molecule has 32 heavy (non-hydrogen) atoms. The zero-order valence-electron chi connectivity index (χ0n) is 18.7. The summed E-state index contributed by atoms with van der Waals surface area (Å²) < 4.78 is 33.9. The van der Waals surface area contributed by atoms with E-state index in [4.69, 9.17) is 9.57 Å². The molecule has 1 amide bonds. The third kappa shape index (κ3) is 4.66. The molecule has 2 aromatic carbocycles. The number of nitrogens with one attached hydrogen (secondary N) is 2. The molecule has 8 nitrogen and oxygen atoms in total. The van der Waals surface area contributed by atoms with Crippen LogP contribution in [0, 0.1) is 0 Å². The number of rotatable bonds is 9. The number of hydrogen-bond acceptors (Lipinski definition) is 6. The van der Waals surface area contributed by atoms with Gasteiger partial charge >= 0.3 is 0 Å². The molecular formula is C23H31N3O5S. The van der Waals surface area contributed by atoms with E-state index in [1.807, 2.05) is 30.3 Å². The van der Waals surface area contributed by atoms with Crippen LogP contribution in [0.2, 0.25) is 0 Å². The summed E-state index contributed by atoms with van der Waals surface area (Å²) in [4.78, 5) is 18.6. The highest BCUT2D eigenvalue weighted by molar-refractivity contribution is 7.89. The van der Waals surface area contributed by atoms with Crippen LogP contribution in [-0.4, -0.2) is 58.0 Å². The number of para-hydroxylation sites is 1. The summed E-state index contributed by atoms with van der Waals surface area (Å²) >= 11 is 0. The van der Waals surface area contributed by atoms with Gasteiger partial charge in [-0.3, -0.25) is 9.63 Å². The van der Waals surface area contributed by atoms with Gasteiger partial charge in [-0.05, 0) is 50.6 Å². The molecule has 9 heteroatoms. The Morgan fingerprint density at radius 2 is 1.72 bits per heavy atom. The maximum Gasteiger partial charge on any atom is 0.258 e. The zero-order valence-corrected chi connectivity index (χ0v) is 19.5. The average Bonchev–Trinajstić information content (AvgIpc) is 2.83. The maximum atomic E-state index is 13.8. The second-order valence-corrected chi connectivity index (χ2v) is 9.58. The summed E-state index contributed by atoms with van der Waals surface area (Å²) in [6.07, 6.45) is 1.07. The molecule has 2 N–H and O–H groups in total. The quantitative estimate of drug-likeness (QED) is 0.556. The first kappa shape index (κ1) is 24.2. The van der Waals surface area contributed by atoms with Gasteiger partial charge in [0.25, 0.3) is 15.9 Å². The van der Waals surface area contributed by atoms with E-state index in [1.54, 1.807) is 31.2 Å². The van der Waals surface area contributed by atoms with E-state index in [1.165, 1.54) is 14.2 Å². The summed E-state index contributed by atoms with van der Waals surface area (Å²) in [5, 5.41) is 4.91. The van der Waals surface area contributed by atoms with Crippen LogP contribution in [-0.2, 0) is 20.3 Å². The Labute approximate surface area is 189 Å². The van der Waals surface area contributed by atoms with Gasteiger partial charge < -0.3 is 15.4 Å². The number of sulfonamides is 1. The first-order valence-electron chi connectivity index (χ1n) is 10.7. The minimum absolute atomic E-state index is 0.114. The summed E-state index contributed by atoms with van der Waals surface area (Å²) in [5.41, 5.74) is 0.296. The number of hydrogen-bond donors (Lipinski definition) is 2. The molecule has 0 spiro atoms. The number of carbonyl (C=O) groups is 1. The predicted octanol–water partition coefficient (Wildman–Crippen LogP) is 2.29. The molecule has 174 valence electrons. The predicted molar refractivity (Wildman–Crippen MR) is 123 cm³/mol. The van der Waals surface area contributed by atoms with Crippen LogP contribution in [0.1, 0.15) is 35.7 Å². The van der Waals surface area contributed by atoms with Crippen LogP contribution in [0.15, 0.2) is 54.6 Å². The lowest BCUT2D eigenvalue weighted by molar-refractivity contribution is -0.0466. The van der Waals surface area contributed by atoms with Crippen molar-refractivity contribution < 1.29 is 22.8 Å². The Morgan fingerprint density at radius 1 is 1.09 bits per heavy atom. The van der Waals surface area contributed by atoms with Gasteiger partial charge in [-0.1, -0.05) is 46.9 Å². The fourth-order valence-electron chi connectivity index (χ4n) is 4.40. The molecule has 1 aliphatic heterocycles. The van der Waals surface area contributed by atoms with Gasteiger partial charge in [0.2, 0.25) is 0 Å². The van der Waals surface area contributed by atoms with E-state index in [0.717, 1.165) is 10.0 Å². The van der Waals surface area contributed by atoms with Crippen LogP contribution < -0.4 is 15.4 Å². The van der Waals surface area contributed by atoms with E-state index in [0.29, 0.717) is 31.7 Å². The lowest BCUT2D eigenvalue weighted by atomic mass is 9.72. The Kier molecular flexibility index (Phi) is 7.89. The van der Waals surface area contributed by atoms with Crippen LogP contribution in [0.25, 0.3) is 0 Å². The highest BCUT2D eigenvalue weighted by atomic mass is 32.2. The number of hydroxylamine groups is 1. The van der Waals surface area contributed by atoms with Crippen molar-refractivity contribution in [2.24, 2.45) is 0 Å². The maximum absolute atomic E-state index is 13.8. The number of amides is 1. The van der Waals surface area contributed by atoms with Crippen LogP contribution >= 0.6 is 0 Å². The average molecular weight is 462 g/mol. The van der Waals surface area contributed by atoms with Gasteiger partial charge in [0, 0.05) is 12.0 Å². The first-order valence-corrected chi connectivity index (χ1v) is 12.2. The standard InChI is InChI=1S/C23H31N3O5S/c1-4-26(31-3)32(28,29)22(25-21(27)19-12-8-9-13-20(19)30-2)23(14-16-24-17-15-23)18-10-6-5-7-11-18/h5-13,22,24H,4,14-17H2,1-3H3,(H,25,27). The molecule has 1 saturated heterocycles. The second-order valence-electron chi connectivity index (χ2n) is 7.67. The van der Waals surface area contributed by atoms with Crippen LogP contribution in [0.4, 0.5) is 0 Å². The van der Waals surface area contributed by atoms with Gasteiger partial charge in [-0.2, -0.15) is 0 Å². The Morgan fingerprint density at radius 3 is 2.31 bits per heavy atom. The fourth-order valence-corrected chi connectivity index (χ4v) is 6.40. The third-order valence-electron chi connectivity index (χ3n) is 6.00. The summed E-state index contributed by atoms with van der Waals surface area (Å²) in [6, 6.07) is 16.3. The summed E-state index contributed by atoms with van der Waals surface area (Å²) in [6.45, 7) is 3.07. The number of piperidine rings is 1. The Balaban J connectivity index is 2.14. The van der Waals surface area contributed by atoms with Crippen molar-refractivity contribution in [3.8, 4) is 5.75 Å². The molecule has 1 aliphatic rings. The molecule has 1 unspecified atom stereocenters. The van der Waals surface area contributed by atoms with Gasteiger partial charge in [0.15, 0.2) is 5.37 Å². The monoisotopic (exact) mass is 461 g/mol. The normalized spacial score (nSPS) is 17.0. The van der Waals surface area contributed by atoms with Crippen molar-refractivity contribution >= 4 is 15.9 Å². The summed E-state index contributed by atoms with van der Waals surface area (Å²) in [5.74, 6) is -0.142. The van der Waals surface area contributed by atoms with Crippen molar-refractivity contribution in [3.05, 3.63) is 65.7 Å². The SMILES string of the molecule is CCN(OC)S(=O)(=O)C(NC(=O)c1ccccc1OC)C1(c2ccccc2)CCNCC1. The Hall–Kier alpha value is -2.46. The second kappa shape index (κ2) is 10.4. The molecule has 1 heterocycles. The van der Waals surface area contributed by atoms with Crippen molar-refractivity contribution in [1.29, 1.82) is 0 Å². The van der Waals surface area contributed by atoms with E-state index in [9.17, 15) is 13.2 Å². The topological polar surface area (TPSA) is 97.0 Å².